The molecule has 15 heavy (non-hydrogen) atoms. The highest BCUT2D eigenvalue weighted by molar-refractivity contribution is 9.10. The predicted molar refractivity (Wildman–Crippen MR) is 68.1 cm³/mol. The van der Waals surface area contributed by atoms with Crippen LogP contribution < -0.4 is 10.6 Å². The van der Waals surface area contributed by atoms with E-state index >= 15 is 0 Å². The lowest BCUT2D eigenvalue weighted by Gasteiger charge is -2.22. The largest absolute Gasteiger partial charge is 0.355 e. The van der Waals surface area contributed by atoms with Crippen LogP contribution in [0.5, 0.6) is 0 Å². The number of anilines is 1. The monoisotopic (exact) mass is 271 g/mol. The normalized spacial score (nSPS) is 10.3. The summed E-state index contributed by atoms with van der Waals surface area (Å²) in [6.07, 6.45) is 4.19. The zero-order valence-corrected chi connectivity index (χ0v) is 10.7. The Hall–Kier alpha value is -0.610. The summed E-state index contributed by atoms with van der Waals surface area (Å²) in [5.41, 5.74) is 5.59. The molecule has 1 rings (SSSR count). The van der Waals surface area contributed by atoms with E-state index in [0.29, 0.717) is 6.54 Å². The second-order valence-electron chi connectivity index (χ2n) is 3.46. The number of aromatic nitrogens is 1. The molecular formula is C11H18BrN3. The van der Waals surface area contributed by atoms with Gasteiger partial charge in [-0.2, -0.15) is 0 Å². The summed E-state index contributed by atoms with van der Waals surface area (Å²) in [4.78, 5) is 6.61. The smallest absolute Gasteiger partial charge is 0.128 e. The Morgan fingerprint density at radius 3 is 2.73 bits per heavy atom. The molecule has 2 N–H and O–H groups in total. The van der Waals surface area contributed by atoms with Crippen LogP contribution in [0.2, 0.25) is 0 Å². The predicted octanol–water partition coefficient (Wildman–Crippen LogP) is 2.41. The van der Waals surface area contributed by atoms with E-state index in [2.05, 4.69) is 32.7 Å². The molecule has 3 nitrogen and oxygen atoms in total. The maximum absolute atomic E-state index is 5.59. The van der Waals surface area contributed by atoms with Crippen LogP contribution in [-0.4, -0.2) is 24.6 Å². The van der Waals surface area contributed by atoms with Crippen molar-refractivity contribution in [2.45, 2.75) is 19.8 Å². The van der Waals surface area contributed by atoms with E-state index < -0.39 is 0 Å². The summed E-state index contributed by atoms with van der Waals surface area (Å²) in [5, 5.41) is 0. The second kappa shape index (κ2) is 6.80. The Balaban J connectivity index is 2.65. The molecule has 4 heteroatoms. The molecule has 1 heterocycles. The molecule has 0 aliphatic carbocycles. The highest BCUT2D eigenvalue weighted by atomic mass is 79.9. The Morgan fingerprint density at radius 1 is 1.40 bits per heavy atom. The lowest BCUT2D eigenvalue weighted by atomic mass is 10.3. The van der Waals surface area contributed by atoms with Gasteiger partial charge in [-0.1, -0.05) is 13.3 Å². The Morgan fingerprint density at radius 2 is 2.20 bits per heavy atom. The van der Waals surface area contributed by atoms with Crippen molar-refractivity contribution < 1.29 is 0 Å². The zero-order valence-electron chi connectivity index (χ0n) is 9.12. The Bertz CT molecular complexity index is 274. The molecular weight excluding hydrogens is 254 g/mol. The van der Waals surface area contributed by atoms with Crippen molar-refractivity contribution in [3.8, 4) is 0 Å². The van der Waals surface area contributed by atoms with Crippen molar-refractivity contribution >= 4 is 21.7 Å². The summed E-state index contributed by atoms with van der Waals surface area (Å²) < 4.78 is 1.01. The van der Waals surface area contributed by atoms with Crippen molar-refractivity contribution in [2.24, 2.45) is 5.73 Å². The van der Waals surface area contributed by atoms with Crippen LogP contribution in [0.4, 0.5) is 5.82 Å². The minimum atomic E-state index is 0.668. The van der Waals surface area contributed by atoms with E-state index in [0.717, 1.165) is 23.4 Å². The van der Waals surface area contributed by atoms with E-state index in [1.807, 2.05) is 18.3 Å². The third kappa shape index (κ3) is 4.18. The number of hydrogen-bond donors (Lipinski definition) is 1. The van der Waals surface area contributed by atoms with Gasteiger partial charge in [-0.25, -0.2) is 4.98 Å². The molecule has 0 bridgehead atoms. The molecule has 1 aromatic rings. The number of rotatable bonds is 6. The molecule has 0 aliphatic rings. The van der Waals surface area contributed by atoms with E-state index in [1.54, 1.807) is 0 Å². The fourth-order valence-corrected chi connectivity index (χ4v) is 1.64. The number of nitrogens with two attached hydrogens (primary N) is 1. The molecule has 0 aliphatic heterocycles. The lowest BCUT2D eigenvalue weighted by Crippen LogP contribution is -2.30. The van der Waals surface area contributed by atoms with Gasteiger partial charge in [0.1, 0.15) is 5.82 Å². The second-order valence-corrected chi connectivity index (χ2v) is 4.38. The summed E-state index contributed by atoms with van der Waals surface area (Å²) in [6, 6.07) is 4.03. The number of halogens is 1. The molecule has 0 unspecified atom stereocenters. The lowest BCUT2D eigenvalue weighted by molar-refractivity contribution is 0.707. The van der Waals surface area contributed by atoms with Gasteiger partial charge in [0.25, 0.3) is 0 Å². The number of unbranched alkanes of at least 4 members (excludes halogenated alkanes) is 1. The highest BCUT2D eigenvalue weighted by Crippen LogP contribution is 2.14. The van der Waals surface area contributed by atoms with Crippen LogP contribution in [0.25, 0.3) is 0 Å². The van der Waals surface area contributed by atoms with Crippen LogP contribution in [0, 0.1) is 0 Å². The van der Waals surface area contributed by atoms with Gasteiger partial charge >= 0.3 is 0 Å². The molecule has 1 aromatic heterocycles. The Kier molecular flexibility index (Phi) is 5.65. The highest BCUT2D eigenvalue weighted by Gasteiger charge is 2.05. The topological polar surface area (TPSA) is 42.1 Å². The molecule has 84 valence electrons. The van der Waals surface area contributed by atoms with Crippen LogP contribution in [-0.2, 0) is 0 Å². The van der Waals surface area contributed by atoms with Crippen molar-refractivity contribution in [1.82, 2.24) is 4.98 Å². The van der Waals surface area contributed by atoms with Crippen LogP contribution in [0.15, 0.2) is 22.8 Å². The van der Waals surface area contributed by atoms with E-state index in [4.69, 9.17) is 5.73 Å². The minimum Gasteiger partial charge on any atom is -0.355 e. The van der Waals surface area contributed by atoms with Gasteiger partial charge in [0.05, 0.1) is 0 Å². The summed E-state index contributed by atoms with van der Waals surface area (Å²) >= 11 is 3.38. The average Bonchev–Trinajstić information content (AvgIpc) is 2.25. The first-order valence-corrected chi connectivity index (χ1v) is 6.13. The number of pyridine rings is 1. The first-order valence-electron chi connectivity index (χ1n) is 5.34. The van der Waals surface area contributed by atoms with Gasteiger partial charge < -0.3 is 10.6 Å². The van der Waals surface area contributed by atoms with E-state index in [9.17, 15) is 0 Å². The maximum Gasteiger partial charge on any atom is 0.128 e. The minimum absolute atomic E-state index is 0.668. The van der Waals surface area contributed by atoms with Gasteiger partial charge in [0, 0.05) is 30.3 Å². The van der Waals surface area contributed by atoms with Crippen LogP contribution in [0.3, 0.4) is 0 Å². The molecule has 0 saturated carbocycles. The Labute approximate surface area is 99.8 Å². The summed E-state index contributed by atoms with van der Waals surface area (Å²) in [6.45, 7) is 4.76. The van der Waals surface area contributed by atoms with Crippen molar-refractivity contribution in [1.29, 1.82) is 0 Å². The molecule has 0 fully saturated rings. The number of hydrogen-bond acceptors (Lipinski definition) is 3. The van der Waals surface area contributed by atoms with E-state index in [-0.39, 0.29) is 0 Å². The summed E-state index contributed by atoms with van der Waals surface area (Å²) in [5.74, 6) is 1.01. The van der Waals surface area contributed by atoms with Crippen molar-refractivity contribution in [2.75, 3.05) is 24.5 Å². The number of nitrogens with zero attached hydrogens (tertiary/aromatic N) is 2. The molecule has 0 saturated heterocycles. The standard InChI is InChI=1S/C11H18BrN3/c1-2-3-7-15(8-6-13)11-5-4-10(12)9-14-11/h4-5,9H,2-3,6-8,13H2,1H3. The average molecular weight is 272 g/mol. The van der Waals surface area contributed by atoms with Crippen molar-refractivity contribution in [3.05, 3.63) is 22.8 Å². The van der Waals surface area contributed by atoms with Gasteiger partial charge in [-0.3, -0.25) is 0 Å². The molecule has 0 spiro atoms. The van der Waals surface area contributed by atoms with Gasteiger partial charge in [0.15, 0.2) is 0 Å². The quantitative estimate of drug-likeness (QED) is 0.864. The molecule has 0 radical (unpaired) electrons. The van der Waals surface area contributed by atoms with E-state index in [1.165, 1.54) is 12.8 Å². The SMILES string of the molecule is CCCCN(CCN)c1ccc(Br)cn1. The van der Waals surface area contributed by atoms with Gasteiger partial charge in [-0.05, 0) is 34.5 Å². The first-order chi connectivity index (χ1) is 7.27. The van der Waals surface area contributed by atoms with Crippen LogP contribution >= 0.6 is 15.9 Å². The van der Waals surface area contributed by atoms with Gasteiger partial charge in [0.2, 0.25) is 0 Å². The molecule has 0 atom stereocenters. The fourth-order valence-electron chi connectivity index (χ4n) is 1.40. The van der Waals surface area contributed by atoms with Crippen molar-refractivity contribution in [3.63, 3.8) is 0 Å². The fraction of sp³-hybridized carbons (Fsp3) is 0.545. The molecule has 0 aromatic carbocycles. The maximum atomic E-state index is 5.59. The third-order valence-corrected chi connectivity index (χ3v) is 2.69. The third-order valence-electron chi connectivity index (χ3n) is 2.22. The van der Waals surface area contributed by atoms with Crippen LogP contribution in [0.1, 0.15) is 19.8 Å². The van der Waals surface area contributed by atoms with Gasteiger partial charge in [-0.15, -0.1) is 0 Å². The summed E-state index contributed by atoms with van der Waals surface area (Å²) in [7, 11) is 0. The molecule has 0 amide bonds. The first kappa shape index (κ1) is 12.5. The zero-order chi connectivity index (χ0) is 11.1.